The van der Waals surface area contributed by atoms with Gasteiger partial charge in [0.05, 0.1) is 17.8 Å². The Kier molecular flexibility index (Phi) is 3.78. The minimum Gasteiger partial charge on any atom is -0.496 e. The van der Waals surface area contributed by atoms with Gasteiger partial charge in [-0.1, -0.05) is 30.3 Å². The third-order valence-corrected chi connectivity index (χ3v) is 4.12. The van der Waals surface area contributed by atoms with Crippen LogP contribution in [0, 0.1) is 5.92 Å². The van der Waals surface area contributed by atoms with E-state index in [1.54, 1.807) is 6.26 Å². The number of hydrogen-bond donors (Lipinski definition) is 0. The van der Waals surface area contributed by atoms with E-state index in [4.69, 9.17) is 9.47 Å². The molecule has 2 aliphatic rings. The van der Waals surface area contributed by atoms with E-state index in [0.29, 0.717) is 18.4 Å². The Morgan fingerprint density at radius 1 is 1.24 bits per heavy atom. The lowest BCUT2D eigenvalue weighted by Gasteiger charge is -2.37. The summed E-state index contributed by atoms with van der Waals surface area (Å²) in [6, 6.07) is 9.57. The molecule has 1 aliphatic heterocycles. The summed E-state index contributed by atoms with van der Waals surface area (Å²) in [5.41, 5.74) is 1.53. The van der Waals surface area contributed by atoms with Crippen LogP contribution in [0.2, 0.25) is 0 Å². The van der Waals surface area contributed by atoms with Gasteiger partial charge < -0.3 is 9.47 Å². The standard InChI is InChI=1S/C17H18O4/c1-11(18)21-13-7-8-14-16(9-13)20-10-15(17(14)19)12-5-3-2-4-6-12/h2-6,10,13-14,16H,7-9H2,1H3. The number of esters is 1. The van der Waals surface area contributed by atoms with Crippen molar-refractivity contribution in [3.63, 3.8) is 0 Å². The highest BCUT2D eigenvalue weighted by Crippen LogP contribution is 2.37. The molecular formula is C17H18O4. The first-order valence-corrected chi connectivity index (χ1v) is 7.27. The fourth-order valence-electron chi connectivity index (χ4n) is 3.13. The van der Waals surface area contributed by atoms with Gasteiger partial charge in [-0.05, 0) is 18.4 Å². The summed E-state index contributed by atoms with van der Waals surface area (Å²) in [6.45, 7) is 1.41. The summed E-state index contributed by atoms with van der Waals surface area (Å²) in [4.78, 5) is 23.7. The summed E-state index contributed by atoms with van der Waals surface area (Å²) in [5.74, 6) is -0.267. The molecule has 3 rings (SSSR count). The molecule has 110 valence electrons. The number of carbonyl (C=O) groups excluding carboxylic acids is 2. The van der Waals surface area contributed by atoms with Crippen LogP contribution in [-0.4, -0.2) is 24.0 Å². The van der Waals surface area contributed by atoms with E-state index in [0.717, 1.165) is 12.0 Å². The van der Waals surface area contributed by atoms with Crippen molar-refractivity contribution < 1.29 is 19.1 Å². The number of Topliss-reactive ketones (excluding diaryl/α,β-unsaturated/α-hetero) is 1. The van der Waals surface area contributed by atoms with Crippen LogP contribution in [0.1, 0.15) is 31.7 Å². The zero-order valence-corrected chi connectivity index (χ0v) is 12.0. The van der Waals surface area contributed by atoms with Crippen LogP contribution in [0.25, 0.3) is 5.57 Å². The average molecular weight is 286 g/mol. The Morgan fingerprint density at radius 3 is 2.71 bits per heavy atom. The number of ether oxygens (including phenoxy) is 2. The molecule has 1 aliphatic carbocycles. The Labute approximate surface area is 123 Å². The van der Waals surface area contributed by atoms with E-state index in [9.17, 15) is 9.59 Å². The van der Waals surface area contributed by atoms with E-state index < -0.39 is 0 Å². The molecule has 4 nitrogen and oxygen atoms in total. The predicted molar refractivity (Wildman–Crippen MR) is 77.2 cm³/mol. The van der Waals surface area contributed by atoms with Crippen LogP contribution in [0.3, 0.4) is 0 Å². The maximum absolute atomic E-state index is 12.6. The van der Waals surface area contributed by atoms with Crippen molar-refractivity contribution in [2.75, 3.05) is 0 Å². The second-order valence-corrected chi connectivity index (χ2v) is 5.59. The van der Waals surface area contributed by atoms with Gasteiger partial charge in [0.25, 0.3) is 0 Å². The summed E-state index contributed by atoms with van der Waals surface area (Å²) < 4.78 is 11.0. The predicted octanol–water partition coefficient (Wildman–Crippen LogP) is 2.73. The first-order chi connectivity index (χ1) is 10.1. The van der Waals surface area contributed by atoms with Crippen LogP contribution in [0.4, 0.5) is 0 Å². The number of carbonyl (C=O) groups is 2. The van der Waals surface area contributed by atoms with Gasteiger partial charge in [-0.2, -0.15) is 0 Å². The van der Waals surface area contributed by atoms with Crippen LogP contribution >= 0.6 is 0 Å². The fraction of sp³-hybridized carbons (Fsp3) is 0.412. The van der Waals surface area contributed by atoms with Crippen molar-refractivity contribution >= 4 is 17.3 Å². The molecule has 21 heavy (non-hydrogen) atoms. The largest absolute Gasteiger partial charge is 0.496 e. The quantitative estimate of drug-likeness (QED) is 0.784. The van der Waals surface area contributed by atoms with Crippen molar-refractivity contribution in [2.45, 2.75) is 38.4 Å². The molecule has 0 spiro atoms. The molecular weight excluding hydrogens is 268 g/mol. The van der Waals surface area contributed by atoms with Crippen molar-refractivity contribution in [2.24, 2.45) is 5.92 Å². The van der Waals surface area contributed by atoms with Crippen molar-refractivity contribution in [3.05, 3.63) is 42.2 Å². The molecule has 1 saturated carbocycles. The fourth-order valence-corrected chi connectivity index (χ4v) is 3.13. The van der Waals surface area contributed by atoms with E-state index >= 15 is 0 Å². The zero-order chi connectivity index (χ0) is 14.8. The SMILES string of the molecule is CC(=O)OC1CCC2C(=O)C(c3ccccc3)=COC2C1. The van der Waals surface area contributed by atoms with Crippen molar-refractivity contribution in [1.29, 1.82) is 0 Å². The molecule has 4 heteroatoms. The lowest BCUT2D eigenvalue weighted by molar-refractivity contribution is -0.151. The molecule has 3 atom stereocenters. The van der Waals surface area contributed by atoms with Gasteiger partial charge in [-0.25, -0.2) is 0 Å². The zero-order valence-electron chi connectivity index (χ0n) is 12.0. The molecule has 0 amide bonds. The number of fused-ring (bicyclic) bond motifs is 1. The lowest BCUT2D eigenvalue weighted by Crippen LogP contribution is -2.41. The van der Waals surface area contributed by atoms with E-state index in [2.05, 4.69) is 0 Å². The molecule has 0 aromatic heterocycles. The Balaban J connectivity index is 1.76. The van der Waals surface area contributed by atoms with Gasteiger partial charge in [0.1, 0.15) is 12.2 Å². The average Bonchev–Trinajstić information content (AvgIpc) is 2.48. The van der Waals surface area contributed by atoms with Crippen LogP contribution < -0.4 is 0 Å². The minimum atomic E-state index is -0.277. The smallest absolute Gasteiger partial charge is 0.302 e. The first kappa shape index (κ1) is 13.9. The monoisotopic (exact) mass is 286 g/mol. The normalized spacial score (nSPS) is 28.1. The van der Waals surface area contributed by atoms with Gasteiger partial charge >= 0.3 is 5.97 Å². The molecule has 0 bridgehead atoms. The highest BCUT2D eigenvalue weighted by molar-refractivity contribution is 6.22. The molecule has 1 aromatic carbocycles. The molecule has 3 unspecified atom stereocenters. The van der Waals surface area contributed by atoms with Crippen LogP contribution in [0.5, 0.6) is 0 Å². The van der Waals surface area contributed by atoms with Gasteiger partial charge in [0.2, 0.25) is 0 Å². The lowest BCUT2D eigenvalue weighted by atomic mass is 9.78. The number of allylic oxidation sites excluding steroid dienone is 1. The summed E-state index contributed by atoms with van der Waals surface area (Å²) in [5, 5.41) is 0. The molecule has 0 radical (unpaired) electrons. The maximum atomic E-state index is 12.6. The van der Waals surface area contributed by atoms with Crippen LogP contribution in [0.15, 0.2) is 36.6 Å². The van der Waals surface area contributed by atoms with E-state index in [1.807, 2.05) is 30.3 Å². The Morgan fingerprint density at radius 2 is 2.00 bits per heavy atom. The highest BCUT2D eigenvalue weighted by atomic mass is 16.5. The first-order valence-electron chi connectivity index (χ1n) is 7.27. The topological polar surface area (TPSA) is 52.6 Å². The summed E-state index contributed by atoms with van der Waals surface area (Å²) in [6.07, 6.45) is 3.26. The van der Waals surface area contributed by atoms with Gasteiger partial charge in [-0.15, -0.1) is 0 Å². The Bertz CT molecular complexity index is 576. The molecule has 1 fully saturated rings. The number of hydrogen-bond acceptors (Lipinski definition) is 4. The Hall–Kier alpha value is -2.10. The van der Waals surface area contributed by atoms with Crippen molar-refractivity contribution in [3.8, 4) is 0 Å². The molecule has 1 aromatic rings. The molecule has 0 N–H and O–H groups in total. The highest BCUT2D eigenvalue weighted by Gasteiger charge is 2.41. The second kappa shape index (κ2) is 5.72. The third-order valence-electron chi connectivity index (χ3n) is 4.12. The number of benzene rings is 1. The number of ketones is 1. The third kappa shape index (κ3) is 2.84. The molecule has 0 saturated heterocycles. The van der Waals surface area contributed by atoms with Crippen LogP contribution in [-0.2, 0) is 19.1 Å². The number of rotatable bonds is 2. The summed E-state index contributed by atoms with van der Waals surface area (Å²) >= 11 is 0. The van der Waals surface area contributed by atoms with Gasteiger partial charge in [0.15, 0.2) is 5.78 Å². The maximum Gasteiger partial charge on any atom is 0.302 e. The van der Waals surface area contributed by atoms with Crippen molar-refractivity contribution in [1.82, 2.24) is 0 Å². The summed E-state index contributed by atoms with van der Waals surface area (Å²) in [7, 11) is 0. The molecule has 1 heterocycles. The van der Waals surface area contributed by atoms with Gasteiger partial charge in [-0.3, -0.25) is 9.59 Å². The minimum absolute atomic E-state index is 0.128. The van der Waals surface area contributed by atoms with E-state index in [-0.39, 0.29) is 29.9 Å². The second-order valence-electron chi connectivity index (χ2n) is 5.59. The van der Waals surface area contributed by atoms with Gasteiger partial charge in [0, 0.05) is 13.3 Å². The van der Waals surface area contributed by atoms with E-state index in [1.165, 1.54) is 6.92 Å².